The summed E-state index contributed by atoms with van der Waals surface area (Å²) in [6.07, 6.45) is 1.29. The molecule has 0 saturated heterocycles. The van der Waals surface area contributed by atoms with Crippen molar-refractivity contribution in [2.75, 3.05) is 0 Å². The molecule has 146 valence electrons. The van der Waals surface area contributed by atoms with Crippen molar-refractivity contribution in [1.82, 2.24) is 0 Å². The SMILES string of the molecule is O=Cc1c(C=O)c2cc([N+](=O)[O-])cc3c(C=O)c(C=O)c4cc([N+](=O)[O-])cc1c4c23. The molecule has 10 nitrogen and oxygen atoms in total. The van der Waals surface area contributed by atoms with Gasteiger partial charge in [0.2, 0.25) is 0 Å². The molecule has 0 aliphatic carbocycles. The predicted molar refractivity (Wildman–Crippen MR) is 105 cm³/mol. The first kappa shape index (κ1) is 18.7. The molecule has 0 radical (unpaired) electrons. The number of nitro groups is 2. The van der Waals surface area contributed by atoms with Crippen molar-refractivity contribution in [3.63, 3.8) is 0 Å². The molecule has 0 aliphatic heterocycles. The fraction of sp³-hybridized carbons (Fsp3) is 0. The molecule has 0 saturated carbocycles. The van der Waals surface area contributed by atoms with E-state index in [2.05, 4.69) is 0 Å². The number of non-ortho nitro benzene ring substituents is 2. The van der Waals surface area contributed by atoms with Crippen molar-refractivity contribution < 1.29 is 29.0 Å². The maximum absolute atomic E-state index is 11.8. The van der Waals surface area contributed by atoms with E-state index < -0.39 is 21.2 Å². The molecule has 4 rings (SSSR count). The van der Waals surface area contributed by atoms with E-state index >= 15 is 0 Å². The summed E-state index contributed by atoms with van der Waals surface area (Å²) in [5, 5.41) is 23.4. The van der Waals surface area contributed by atoms with Crippen LogP contribution in [0, 0.1) is 20.2 Å². The standard InChI is InChI=1S/C20H8N2O8/c23-5-15-11-1-9(21(27)28)2-12-17(7-25)18(8-26)14-4-10(22(29)30)3-13(16(15)6-24)20(14)19(11)12/h1-8H. The molecule has 0 aromatic heterocycles. The van der Waals surface area contributed by atoms with Crippen molar-refractivity contribution >= 4 is 68.8 Å². The Labute approximate surface area is 165 Å². The highest BCUT2D eigenvalue weighted by Gasteiger charge is 2.26. The average molecular weight is 404 g/mol. The van der Waals surface area contributed by atoms with Gasteiger partial charge in [-0.05, 0) is 10.8 Å². The summed E-state index contributed by atoms with van der Waals surface area (Å²) in [7, 11) is 0. The second kappa shape index (κ2) is 6.48. The zero-order valence-electron chi connectivity index (χ0n) is 14.8. The lowest BCUT2D eigenvalue weighted by Crippen LogP contribution is -2.04. The van der Waals surface area contributed by atoms with Crippen LogP contribution in [0.5, 0.6) is 0 Å². The summed E-state index contributed by atoms with van der Waals surface area (Å²) in [5.41, 5.74) is -1.72. The monoisotopic (exact) mass is 404 g/mol. The Hall–Kier alpha value is -4.60. The molecule has 0 unspecified atom stereocenters. The minimum absolute atomic E-state index is 0.0307. The Kier molecular flexibility index (Phi) is 4.05. The van der Waals surface area contributed by atoms with Gasteiger partial charge in [0.15, 0.2) is 25.1 Å². The molecule has 0 atom stereocenters. The molecule has 10 heteroatoms. The second-order valence-electron chi connectivity index (χ2n) is 6.47. The minimum Gasteiger partial charge on any atom is -0.298 e. The highest BCUT2D eigenvalue weighted by atomic mass is 16.6. The lowest BCUT2D eigenvalue weighted by atomic mass is 9.83. The van der Waals surface area contributed by atoms with Crippen LogP contribution in [-0.2, 0) is 0 Å². The van der Waals surface area contributed by atoms with Gasteiger partial charge in [0, 0.05) is 68.1 Å². The Morgan fingerprint density at radius 1 is 0.533 bits per heavy atom. The number of hydrogen-bond acceptors (Lipinski definition) is 8. The number of carbonyl (C=O) groups is 4. The van der Waals surface area contributed by atoms with Crippen LogP contribution in [0.15, 0.2) is 24.3 Å². The number of rotatable bonds is 6. The third-order valence-corrected chi connectivity index (χ3v) is 5.13. The van der Waals surface area contributed by atoms with Crippen LogP contribution in [0.2, 0.25) is 0 Å². The van der Waals surface area contributed by atoms with Gasteiger partial charge in [-0.2, -0.15) is 0 Å². The summed E-state index contributed by atoms with van der Waals surface area (Å²) < 4.78 is 0. The van der Waals surface area contributed by atoms with Gasteiger partial charge in [-0.15, -0.1) is 0 Å². The van der Waals surface area contributed by atoms with Gasteiger partial charge in [-0.1, -0.05) is 0 Å². The fourth-order valence-electron chi connectivity index (χ4n) is 3.94. The number of nitro benzene ring substituents is 2. The van der Waals surface area contributed by atoms with E-state index in [1.54, 1.807) is 0 Å². The van der Waals surface area contributed by atoms with Gasteiger partial charge in [0.1, 0.15) is 0 Å². The van der Waals surface area contributed by atoms with Crippen molar-refractivity contribution in [3.05, 3.63) is 66.7 Å². The molecular weight excluding hydrogens is 396 g/mol. The number of aldehydes is 4. The summed E-state index contributed by atoms with van der Waals surface area (Å²) in [6.45, 7) is 0. The lowest BCUT2D eigenvalue weighted by Gasteiger charge is -2.17. The molecule has 0 amide bonds. The topological polar surface area (TPSA) is 155 Å². The van der Waals surface area contributed by atoms with Crippen LogP contribution in [-0.4, -0.2) is 35.0 Å². The third-order valence-electron chi connectivity index (χ3n) is 5.13. The maximum Gasteiger partial charge on any atom is 0.270 e. The van der Waals surface area contributed by atoms with Crippen molar-refractivity contribution in [3.8, 4) is 0 Å². The Bertz CT molecular complexity index is 1270. The molecule has 4 aromatic rings. The zero-order chi connectivity index (χ0) is 21.7. The van der Waals surface area contributed by atoms with Crippen LogP contribution in [0.4, 0.5) is 11.4 Å². The fourth-order valence-corrected chi connectivity index (χ4v) is 3.94. The highest BCUT2D eigenvalue weighted by molar-refractivity contribution is 6.34. The smallest absolute Gasteiger partial charge is 0.270 e. The van der Waals surface area contributed by atoms with E-state index in [0.29, 0.717) is 25.1 Å². The van der Waals surface area contributed by atoms with E-state index in [9.17, 15) is 39.4 Å². The Balaban J connectivity index is 2.51. The third kappa shape index (κ3) is 2.30. The average Bonchev–Trinajstić information content (AvgIpc) is 2.74. The second-order valence-corrected chi connectivity index (χ2v) is 6.47. The summed E-state index contributed by atoms with van der Waals surface area (Å²) in [5.74, 6) is 0. The molecule has 30 heavy (non-hydrogen) atoms. The van der Waals surface area contributed by atoms with E-state index in [1.165, 1.54) is 0 Å². The highest BCUT2D eigenvalue weighted by Crippen LogP contribution is 2.44. The molecular formula is C20H8N2O8. The molecule has 0 N–H and O–H groups in total. The van der Waals surface area contributed by atoms with E-state index in [4.69, 9.17) is 0 Å². The molecule has 0 spiro atoms. The Morgan fingerprint density at radius 3 is 0.933 bits per heavy atom. The first-order valence-corrected chi connectivity index (χ1v) is 8.33. The van der Waals surface area contributed by atoms with Gasteiger partial charge in [0.25, 0.3) is 11.4 Å². The predicted octanol–water partition coefficient (Wildman–Crippen LogP) is 3.65. The summed E-state index contributed by atoms with van der Waals surface area (Å²) >= 11 is 0. The molecule has 0 aliphatic rings. The maximum atomic E-state index is 11.8. The van der Waals surface area contributed by atoms with Crippen molar-refractivity contribution in [2.45, 2.75) is 0 Å². The van der Waals surface area contributed by atoms with Crippen LogP contribution in [0.3, 0.4) is 0 Å². The number of nitrogens with zero attached hydrogens (tertiary/aromatic N) is 2. The number of benzene rings is 4. The van der Waals surface area contributed by atoms with Gasteiger partial charge in [0.05, 0.1) is 9.85 Å². The van der Waals surface area contributed by atoms with E-state index in [1.807, 2.05) is 0 Å². The first-order valence-electron chi connectivity index (χ1n) is 8.33. The molecule has 0 heterocycles. The van der Waals surface area contributed by atoms with E-state index in [0.717, 1.165) is 24.3 Å². The van der Waals surface area contributed by atoms with Gasteiger partial charge >= 0.3 is 0 Å². The van der Waals surface area contributed by atoms with Crippen LogP contribution in [0.25, 0.3) is 32.3 Å². The summed E-state index contributed by atoms with van der Waals surface area (Å²) in [6, 6.07) is 4.37. The largest absolute Gasteiger partial charge is 0.298 e. The van der Waals surface area contributed by atoms with Gasteiger partial charge in [-0.3, -0.25) is 39.4 Å². The number of hydrogen-bond donors (Lipinski definition) is 0. The van der Waals surface area contributed by atoms with E-state index in [-0.39, 0.29) is 54.6 Å². The Morgan fingerprint density at radius 2 is 0.767 bits per heavy atom. The zero-order valence-corrected chi connectivity index (χ0v) is 14.8. The van der Waals surface area contributed by atoms with Crippen LogP contribution in [0.1, 0.15) is 41.4 Å². The quantitative estimate of drug-likeness (QED) is 0.204. The first-order chi connectivity index (χ1) is 14.4. The van der Waals surface area contributed by atoms with Gasteiger partial charge in [-0.25, -0.2) is 0 Å². The van der Waals surface area contributed by atoms with Gasteiger partial charge < -0.3 is 0 Å². The molecule has 0 fully saturated rings. The summed E-state index contributed by atoms with van der Waals surface area (Å²) in [4.78, 5) is 68.7. The van der Waals surface area contributed by atoms with Crippen molar-refractivity contribution in [1.29, 1.82) is 0 Å². The van der Waals surface area contributed by atoms with Crippen LogP contribution < -0.4 is 0 Å². The van der Waals surface area contributed by atoms with Crippen molar-refractivity contribution in [2.24, 2.45) is 0 Å². The molecule has 4 aromatic carbocycles. The lowest BCUT2D eigenvalue weighted by molar-refractivity contribution is -0.384. The normalized spacial score (nSPS) is 11.1. The molecule has 0 bridgehead atoms. The minimum atomic E-state index is -0.732. The number of carbonyl (C=O) groups excluding carboxylic acids is 4. The van der Waals surface area contributed by atoms with Crippen LogP contribution >= 0.6 is 0 Å².